The Hall–Kier alpha value is -3.03. The highest BCUT2D eigenvalue weighted by molar-refractivity contribution is 5.93. The second-order valence-corrected chi connectivity index (χ2v) is 22.9. The molecule has 350 valence electrons. The van der Waals surface area contributed by atoms with Gasteiger partial charge in [0.15, 0.2) is 5.78 Å². The molecule has 0 aromatic heterocycles. The average molecular weight is 882 g/mol. The summed E-state index contributed by atoms with van der Waals surface area (Å²) in [5.41, 5.74) is 3.58. The molecule has 0 saturated heterocycles. The number of hydrogen-bond acceptors (Lipinski definition) is 8. The van der Waals surface area contributed by atoms with Gasteiger partial charge in [0.1, 0.15) is 11.4 Å². The Morgan fingerprint density at radius 3 is 2.55 bits per heavy atom. The highest BCUT2D eigenvalue weighted by Gasteiger charge is 2.66. The number of anilines is 1. The van der Waals surface area contributed by atoms with Crippen LogP contribution >= 0.6 is 0 Å². The maximum absolute atomic E-state index is 16.5. The number of ketones is 1. The predicted molar refractivity (Wildman–Crippen MR) is 246 cm³/mol. The van der Waals surface area contributed by atoms with Crippen molar-refractivity contribution in [1.29, 1.82) is 0 Å². The Kier molecular flexibility index (Phi) is 12.4. The van der Waals surface area contributed by atoms with Gasteiger partial charge in [-0.2, -0.15) is 0 Å². The highest BCUT2D eigenvalue weighted by Crippen LogP contribution is 2.69. The Morgan fingerprint density at radius 1 is 1.00 bits per heavy atom. The van der Waals surface area contributed by atoms with Gasteiger partial charge in [0, 0.05) is 37.8 Å². The smallest absolute Gasteiger partial charge is 0.305 e. The quantitative estimate of drug-likeness (QED) is 0.157. The van der Waals surface area contributed by atoms with Crippen molar-refractivity contribution in [3.05, 3.63) is 52.4 Å². The lowest BCUT2D eigenvalue weighted by molar-refractivity contribution is -0.209. The lowest BCUT2D eigenvalue weighted by Crippen LogP contribution is -2.62. The number of hydrogen-bond donors (Lipinski definition) is 3. The number of halogens is 1. The number of carbonyl (C=O) groups excluding carboxylic acids is 2. The number of ether oxygens (including phenoxy) is 2. The maximum Gasteiger partial charge on any atom is 0.305 e. The summed E-state index contributed by atoms with van der Waals surface area (Å²) in [7, 11) is 3.37. The van der Waals surface area contributed by atoms with Crippen LogP contribution in [0.1, 0.15) is 149 Å². The van der Waals surface area contributed by atoms with Gasteiger partial charge in [0.25, 0.3) is 0 Å². The van der Waals surface area contributed by atoms with Gasteiger partial charge in [-0.05, 0) is 190 Å². The van der Waals surface area contributed by atoms with E-state index in [1.54, 1.807) is 13.0 Å². The summed E-state index contributed by atoms with van der Waals surface area (Å²) >= 11 is 0. The second kappa shape index (κ2) is 17.2. The van der Waals surface area contributed by atoms with Crippen LogP contribution in [-0.4, -0.2) is 78.3 Å². The predicted octanol–water partition coefficient (Wildman–Crippen LogP) is 9.49. The fourth-order valence-corrected chi connectivity index (χ4v) is 16.8. The second-order valence-electron chi connectivity index (χ2n) is 22.9. The van der Waals surface area contributed by atoms with Crippen LogP contribution in [-0.2, 0) is 19.1 Å². The van der Waals surface area contributed by atoms with Gasteiger partial charge in [-0.15, -0.1) is 5.92 Å². The molecule has 8 aliphatic rings. The van der Waals surface area contributed by atoms with Gasteiger partial charge < -0.3 is 29.7 Å². The number of aliphatic hydroxyl groups excluding tert-OH is 2. The van der Waals surface area contributed by atoms with Crippen LogP contribution in [0.4, 0.5) is 10.1 Å². The number of nitrogens with zero attached hydrogens (tertiary/aromatic N) is 1. The van der Waals surface area contributed by atoms with Crippen LogP contribution < -0.4 is 4.90 Å². The van der Waals surface area contributed by atoms with E-state index in [2.05, 4.69) is 45.6 Å². The summed E-state index contributed by atoms with van der Waals surface area (Å²) in [4.78, 5) is 26.5. The van der Waals surface area contributed by atoms with Crippen molar-refractivity contribution in [3.63, 3.8) is 0 Å². The van der Waals surface area contributed by atoms with Gasteiger partial charge in [0.05, 0.1) is 37.7 Å². The molecule has 0 aliphatic heterocycles. The summed E-state index contributed by atoms with van der Waals surface area (Å²) in [5, 5.41) is 36.1. The van der Waals surface area contributed by atoms with Crippen molar-refractivity contribution in [2.45, 2.75) is 167 Å². The SMILES string of the molecule is CC#C[C@]1(O)CCC2C3CCC4=CC(=O)CCC4=C3[C@@H](c3ccc(N(C)CCO[C@H]4CC[C@@]5(C)[C@@H](C4)C[C@@H](O)[C@@H]4[C@@H]5C[C@H](O)[C@]5(C)[C@@H]([C@H](C)CCC(=O)OC)CC[C@@H]45)c(F)c3)C[C@@]21C. The van der Waals surface area contributed by atoms with Crippen molar-refractivity contribution >= 4 is 17.4 Å². The van der Waals surface area contributed by atoms with Gasteiger partial charge in [0.2, 0.25) is 0 Å². The topological polar surface area (TPSA) is 117 Å². The summed E-state index contributed by atoms with van der Waals surface area (Å²) in [6, 6.07) is 5.73. The summed E-state index contributed by atoms with van der Waals surface area (Å²) in [6.45, 7) is 12.0. The number of fused-ring (bicyclic) bond motifs is 9. The van der Waals surface area contributed by atoms with Crippen molar-refractivity contribution in [1.82, 2.24) is 0 Å². The minimum absolute atomic E-state index is 0.0273. The molecular formula is C55H76FNO7. The Labute approximate surface area is 382 Å². The van der Waals surface area contributed by atoms with Crippen LogP contribution in [0, 0.1) is 81.2 Å². The molecule has 9 heteroatoms. The van der Waals surface area contributed by atoms with E-state index in [1.807, 2.05) is 24.1 Å². The van der Waals surface area contributed by atoms with E-state index in [4.69, 9.17) is 9.47 Å². The number of rotatable bonds is 10. The normalized spacial score (nSPS) is 42.7. The molecule has 16 atom stereocenters. The van der Waals surface area contributed by atoms with E-state index < -0.39 is 23.2 Å². The first-order valence-electron chi connectivity index (χ1n) is 25.2. The fraction of sp³-hybridized carbons (Fsp3) is 0.745. The first-order chi connectivity index (χ1) is 30.5. The number of allylic oxidation sites excluding steroid dienone is 4. The van der Waals surface area contributed by atoms with Crippen molar-refractivity contribution in [2.75, 3.05) is 32.2 Å². The van der Waals surface area contributed by atoms with Crippen LogP contribution in [0.25, 0.3) is 0 Å². The van der Waals surface area contributed by atoms with Crippen LogP contribution in [0.2, 0.25) is 0 Å². The molecule has 1 aromatic carbocycles. The maximum atomic E-state index is 16.5. The molecule has 9 rings (SSSR count). The molecule has 3 N–H and O–H groups in total. The van der Waals surface area contributed by atoms with Gasteiger partial charge in [-0.1, -0.05) is 45.3 Å². The number of methoxy groups -OCH3 is 1. The zero-order chi connectivity index (χ0) is 45.5. The van der Waals surface area contributed by atoms with E-state index >= 15 is 4.39 Å². The number of benzene rings is 1. The fourth-order valence-electron chi connectivity index (χ4n) is 16.8. The molecule has 8 nitrogen and oxygen atoms in total. The lowest BCUT2D eigenvalue weighted by Gasteiger charge is -2.63. The molecule has 0 amide bonds. The van der Waals surface area contributed by atoms with Crippen LogP contribution in [0.5, 0.6) is 0 Å². The molecule has 1 aromatic rings. The number of likely N-dealkylation sites (N-methyl/N-ethyl adjacent to an activating group) is 1. The Balaban J connectivity index is 0.852. The first kappa shape index (κ1) is 46.1. The molecule has 6 fully saturated rings. The van der Waals surface area contributed by atoms with Crippen molar-refractivity contribution < 1.29 is 38.8 Å². The largest absolute Gasteiger partial charge is 0.469 e. The van der Waals surface area contributed by atoms with Gasteiger partial charge in [-0.25, -0.2) is 4.39 Å². The molecule has 8 aliphatic carbocycles. The third-order valence-corrected chi connectivity index (χ3v) is 20.3. The minimum atomic E-state index is -1.08. The molecule has 0 heterocycles. The number of carbonyl (C=O) groups is 2. The minimum Gasteiger partial charge on any atom is -0.469 e. The molecule has 6 saturated carbocycles. The molecule has 0 radical (unpaired) electrons. The average Bonchev–Trinajstić information content (AvgIpc) is 3.76. The summed E-state index contributed by atoms with van der Waals surface area (Å²) in [5.74, 6) is 8.15. The van der Waals surface area contributed by atoms with Crippen LogP contribution in [0.3, 0.4) is 0 Å². The van der Waals surface area contributed by atoms with Gasteiger partial charge in [-0.3, -0.25) is 9.59 Å². The standard InChI is InChI=1S/C55H76FNO7/c1-8-21-55(62)23-20-42-39-13-10-33-26-36(58)12-14-38(33)50(39)40(31-53(42,55)4)34-11-17-46(45(56)27-34)57(6)24-25-64-37-19-22-52(3)35(28-37)29-47(59)51-43-16-15-41(32(2)9-18-49(61)63-7)54(43,5)48(60)30-44(51)52/h11,17,26-27,32,35,37,39-44,47-48,51,59-60,62H,9-10,12-16,18-20,22-25,28-31H2,1-7H3/t32-,35+,37+,39?,40-,41-,42?,43+,44+,47-,48+,51+,52+,53+,54-,55+/m1/s1. The molecule has 64 heavy (non-hydrogen) atoms. The molecule has 2 unspecified atom stereocenters. The molecule has 0 spiro atoms. The zero-order valence-corrected chi connectivity index (χ0v) is 39.8. The van der Waals surface area contributed by atoms with E-state index in [0.29, 0.717) is 68.2 Å². The number of esters is 1. The summed E-state index contributed by atoms with van der Waals surface area (Å²) < 4.78 is 28.0. The van der Waals surface area contributed by atoms with Gasteiger partial charge >= 0.3 is 5.97 Å². The Morgan fingerprint density at radius 2 is 1.80 bits per heavy atom. The van der Waals surface area contributed by atoms with E-state index in [9.17, 15) is 24.9 Å². The Bertz CT molecular complexity index is 2120. The third kappa shape index (κ3) is 7.37. The summed E-state index contributed by atoms with van der Waals surface area (Å²) in [6.07, 6.45) is 14.0. The highest BCUT2D eigenvalue weighted by atomic mass is 19.1. The molecular weight excluding hydrogens is 806 g/mol. The number of aliphatic hydroxyl groups is 3. The van der Waals surface area contributed by atoms with Crippen LogP contribution in [0.15, 0.2) is 41.0 Å². The van der Waals surface area contributed by atoms with Crippen molar-refractivity contribution in [3.8, 4) is 11.8 Å². The monoisotopic (exact) mass is 882 g/mol. The molecule has 0 bridgehead atoms. The van der Waals surface area contributed by atoms with E-state index in [0.717, 1.165) is 82.6 Å². The first-order valence-corrected chi connectivity index (χ1v) is 25.2. The van der Waals surface area contributed by atoms with E-state index in [1.165, 1.54) is 23.8 Å². The zero-order valence-electron chi connectivity index (χ0n) is 39.8. The third-order valence-electron chi connectivity index (χ3n) is 20.3. The lowest BCUT2D eigenvalue weighted by atomic mass is 9.43. The van der Waals surface area contributed by atoms with Crippen molar-refractivity contribution in [2.24, 2.45) is 63.6 Å². The van der Waals surface area contributed by atoms with E-state index in [-0.39, 0.29) is 64.1 Å².